The molecule has 0 unspecified atom stereocenters. The lowest BCUT2D eigenvalue weighted by Gasteiger charge is -2.29. The summed E-state index contributed by atoms with van der Waals surface area (Å²) in [5, 5.41) is 14.6. The number of fused-ring (bicyclic) bond motifs is 1. The average Bonchev–Trinajstić information content (AvgIpc) is 2.72. The highest BCUT2D eigenvalue weighted by Crippen LogP contribution is 2.18. The van der Waals surface area contributed by atoms with Crippen molar-refractivity contribution in [3.8, 4) is 0 Å². The molecule has 0 saturated heterocycles. The minimum absolute atomic E-state index is 0.00673. The third kappa shape index (κ3) is 4.88. The molecular weight excluding hydrogens is 358 g/mol. The van der Waals surface area contributed by atoms with E-state index in [-0.39, 0.29) is 19.0 Å². The van der Waals surface area contributed by atoms with Crippen molar-refractivity contribution in [3.05, 3.63) is 71.3 Å². The Morgan fingerprint density at radius 1 is 1.00 bits per heavy atom. The van der Waals surface area contributed by atoms with Crippen molar-refractivity contribution in [2.45, 2.75) is 25.4 Å². The van der Waals surface area contributed by atoms with Crippen LogP contribution in [-0.2, 0) is 22.6 Å². The molecule has 28 heavy (non-hydrogen) atoms. The van der Waals surface area contributed by atoms with Crippen LogP contribution in [0.4, 0.5) is 4.79 Å². The standard InChI is InChI=1S/C21H23N3O4/c25-18(23-19(20(26)27)16-7-2-1-3-8-16)10-12-22-21(28)24-13-11-15-6-4-5-9-17(15)14-24/h1-9,19H,10-14H2,(H,22,28)(H,23,25)(H,26,27)/t19-/m1/s1. The summed E-state index contributed by atoms with van der Waals surface area (Å²) < 4.78 is 0. The van der Waals surface area contributed by atoms with Gasteiger partial charge in [0, 0.05) is 26.1 Å². The fourth-order valence-corrected chi connectivity index (χ4v) is 3.23. The van der Waals surface area contributed by atoms with Crippen LogP contribution in [0.2, 0.25) is 0 Å². The first kappa shape index (κ1) is 19.4. The highest BCUT2D eigenvalue weighted by atomic mass is 16.4. The number of benzene rings is 2. The molecule has 7 heteroatoms. The summed E-state index contributed by atoms with van der Waals surface area (Å²) >= 11 is 0. The van der Waals surface area contributed by atoms with E-state index in [0.717, 1.165) is 12.0 Å². The molecule has 146 valence electrons. The number of carboxylic acid groups (broad SMARTS) is 1. The van der Waals surface area contributed by atoms with Crippen molar-refractivity contribution in [2.75, 3.05) is 13.1 Å². The Balaban J connectivity index is 1.46. The Hall–Kier alpha value is -3.35. The van der Waals surface area contributed by atoms with Gasteiger partial charge in [-0.25, -0.2) is 9.59 Å². The van der Waals surface area contributed by atoms with E-state index in [9.17, 15) is 19.5 Å². The summed E-state index contributed by atoms with van der Waals surface area (Å²) in [5.41, 5.74) is 2.89. The lowest BCUT2D eigenvalue weighted by atomic mass is 10.0. The van der Waals surface area contributed by atoms with Crippen LogP contribution in [0.3, 0.4) is 0 Å². The zero-order valence-corrected chi connectivity index (χ0v) is 15.4. The van der Waals surface area contributed by atoms with Gasteiger partial charge < -0.3 is 20.6 Å². The third-order valence-corrected chi connectivity index (χ3v) is 4.73. The fraction of sp³-hybridized carbons (Fsp3) is 0.286. The van der Waals surface area contributed by atoms with Crippen molar-refractivity contribution in [1.29, 1.82) is 0 Å². The number of carboxylic acids is 1. The Morgan fingerprint density at radius 2 is 1.68 bits per heavy atom. The van der Waals surface area contributed by atoms with E-state index >= 15 is 0 Å². The summed E-state index contributed by atoms with van der Waals surface area (Å²) in [4.78, 5) is 37.6. The van der Waals surface area contributed by atoms with Crippen LogP contribution < -0.4 is 10.6 Å². The molecule has 0 spiro atoms. The summed E-state index contributed by atoms with van der Waals surface area (Å²) in [6.45, 7) is 1.32. The molecule has 0 bridgehead atoms. The first-order chi connectivity index (χ1) is 13.5. The number of hydrogen-bond donors (Lipinski definition) is 3. The molecule has 2 aromatic rings. The van der Waals surface area contributed by atoms with Crippen LogP contribution in [0.25, 0.3) is 0 Å². The van der Waals surface area contributed by atoms with Gasteiger partial charge in [-0.3, -0.25) is 4.79 Å². The predicted molar refractivity (Wildman–Crippen MR) is 104 cm³/mol. The monoisotopic (exact) mass is 381 g/mol. The predicted octanol–water partition coefficient (Wildman–Crippen LogP) is 2.09. The van der Waals surface area contributed by atoms with Gasteiger partial charge in [0.2, 0.25) is 5.91 Å². The lowest BCUT2D eigenvalue weighted by molar-refractivity contribution is -0.142. The topological polar surface area (TPSA) is 98.7 Å². The Morgan fingerprint density at radius 3 is 2.39 bits per heavy atom. The van der Waals surface area contributed by atoms with Crippen molar-refractivity contribution < 1.29 is 19.5 Å². The number of carbonyl (C=O) groups excluding carboxylic acids is 2. The van der Waals surface area contributed by atoms with Crippen LogP contribution >= 0.6 is 0 Å². The molecule has 3 amide bonds. The second kappa shape index (κ2) is 9.03. The number of carbonyl (C=O) groups is 3. The van der Waals surface area contributed by atoms with Gasteiger partial charge in [0.15, 0.2) is 6.04 Å². The van der Waals surface area contributed by atoms with Crippen molar-refractivity contribution in [1.82, 2.24) is 15.5 Å². The van der Waals surface area contributed by atoms with Gasteiger partial charge in [-0.15, -0.1) is 0 Å². The first-order valence-electron chi connectivity index (χ1n) is 9.21. The highest BCUT2D eigenvalue weighted by Gasteiger charge is 2.23. The van der Waals surface area contributed by atoms with Gasteiger partial charge in [0.1, 0.15) is 0 Å². The van der Waals surface area contributed by atoms with Crippen LogP contribution in [0.1, 0.15) is 29.2 Å². The number of hydrogen-bond acceptors (Lipinski definition) is 3. The van der Waals surface area contributed by atoms with Crippen molar-refractivity contribution >= 4 is 17.9 Å². The summed E-state index contributed by atoms with van der Waals surface area (Å²) in [6, 6.07) is 15.2. The van der Waals surface area contributed by atoms with Gasteiger partial charge in [-0.1, -0.05) is 54.6 Å². The van der Waals surface area contributed by atoms with Gasteiger partial charge in [-0.2, -0.15) is 0 Å². The Bertz CT molecular complexity index is 854. The molecule has 1 aliphatic heterocycles. The Kier molecular flexibility index (Phi) is 6.26. The van der Waals surface area contributed by atoms with E-state index in [0.29, 0.717) is 18.7 Å². The van der Waals surface area contributed by atoms with Crippen LogP contribution in [0.15, 0.2) is 54.6 Å². The molecule has 0 aliphatic carbocycles. The third-order valence-electron chi connectivity index (χ3n) is 4.73. The zero-order chi connectivity index (χ0) is 19.9. The maximum atomic E-state index is 12.3. The molecule has 1 aliphatic rings. The molecule has 0 saturated carbocycles. The molecule has 1 heterocycles. The fourth-order valence-electron chi connectivity index (χ4n) is 3.23. The van der Waals surface area contributed by atoms with E-state index in [2.05, 4.69) is 16.7 Å². The molecule has 3 N–H and O–H groups in total. The maximum absolute atomic E-state index is 12.3. The van der Waals surface area contributed by atoms with Crippen LogP contribution in [0.5, 0.6) is 0 Å². The zero-order valence-electron chi connectivity index (χ0n) is 15.4. The molecule has 7 nitrogen and oxygen atoms in total. The van der Waals surface area contributed by atoms with Crippen LogP contribution in [-0.4, -0.2) is 41.0 Å². The van der Waals surface area contributed by atoms with Gasteiger partial charge in [-0.05, 0) is 23.1 Å². The number of nitrogens with zero attached hydrogens (tertiary/aromatic N) is 1. The van der Waals surface area contributed by atoms with Crippen molar-refractivity contribution in [3.63, 3.8) is 0 Å². The minimum atomic E-state index is -1.13. The summed E-state index contributed by atoms with van der Waals surface area (Å²) in [5.74, 6) is -1.56. The Labute approximate surface area is 163 Å². The first-order valence-corrected chi connectivity index (χ1v) is 9.21. The average molecular weight is 381 g/mol. The smallest absolute Gasteiger partial charge is 0.330 e. The quantitative estimate of drug-likeness (QED) is 0.713. The van der Waals surface area contributed by atoms with Crippen LogP contribution in [0, 0.1) is 0 Å². The molecule has 0 radical (unpaired) electrons. The molecule has 2 aromatic carbocycles. The number of rotatable bonds is 6. The second-order valence-electron chi connectivity index (χ2n) is 6.67. The largest absolute Gasteiger partial charge is 0.479 e. The highest BCUT2D eigenvalue weighted by molar-refractivity contribution is 5.85. The molecule has 0 aromatic heterocycles. The molecule has 3 rings (SSSR count). The number of amides is 3. The minimum Gasteiger partial charge on any atom is -0.479 e. The molecule has 0 fully saturated rings. The molecule has 1 atom stereocenters. The van der Waals surface area contributed by atoms with E-state index in [1.54, 1.807) is 35.2 Å². The maximum Gasteiger partial charge on any atom is 0.330 e. The van der Waals surface area contributed by atoms with E-state index in [4.69, 9.17) is 0 Å². The lowest BCUT2D eigenvalue weighted by Crippen LogP contribution is -2.44. The number of urea groups is 1. The van der Waals surface area contributed by atoms with E-state index < -0.39 is 17.9 Å². The SMILES string of the molecule is O=C(CCNC(=O)N1CCc2ccccc2C1)N[C@@H](C(=O)O)c1ccccc1. The number of aliphatic carboxylic acids is 1. The van der Waals surface area contributed by atoms with Gasteiger partial charge in [0.25, 0.3) is 0 Å². The summed E-state index contributed by atoms with van der Waals surface area (Å²) in [6.07, 6.45) is 0.814. The van der Waals surface area contributed by atoms with Gasteiger partial charge >= 0.3 is 12.0 Å². The van der Waals surface area contributed by atoms with E-state index in [1.807, 2.05) is 18.2 Å². The normalized spacial score (nSPS) is 13.9. The molecular formula is C21H23N3O4. The van der Waals surface area contributed by atoms with Gasteiger partial charge in [0.05, 0.1) is 0 Å². The van der Waals surface area contributed by atoms with E-state index in [1.165, 1.54) is 5.56 Å². The number of nitrogens with one attached hydrogen (secondary N) is 2. The second-order valence-corrected chi connectivity index (χ2v) is 6.67. The van der Waals surface area contributed by atoms with Crippen molar-refractivity contribution in [2.24, 2.45) is 0 Å². The summed E-state index contributed by atoms with van der Waals surface area (Å²) in [7, 11) is 0.